The Bertz CT molecular complexity index is 239. The lowest BCUT2D eigenvalue weighted by molar-refractivity contribution is 0.178. The highest BCUT2D eigenvalue weighted by Crippen LogP contribution is 2.43. The molecule has 2 aliphatic carbocycles. The number of hydrogen-bond acceptors (Lipinski definition) is 1. The van der Waals surface area contributed by atoms with Crippen LogP contribution >= 0.6 is 0 Å². The van der Waals surface area contributed by atoms with Crippen LogP contribution in [-0.4, -0.2) is 11.2 Å². The molecule has 1 nitrogen and oxygen atoms in total. The topological polar surface area (TPSA) is 20.2 Å². The zero-order valence-electron chi connectivity index (χ0n) is 7.59. The van der Waals surface area contributed by atoms with E-state index >= 15 is 0 Å². The summed E-state index contributed by atoms with van der Waals surface area (Å²) in [6.07, 6.45) is 10.8. The molecule has 0 bridgehead atoms. The maximum Gasteiger partial charge on any atom is 0.0724 e. The third-order valence-corrected chi connectivity index (χ3v) is 3.15. The van der Waals surface area contributed by atoms with E-state index in [1.54, 1.807) is 0 Å². The molecule has 0 aromatic heterocycles. The van der Waals surface area contributed by atoms with Gasteiger partial charge in [0.25, 0.3) is 0 Å². The van der Waals surface area contributed by atoms with Crippen LogP contribution in [0.3, 0.4) is 0 Å². The first-order chi connectivity index (χ1) is 5.71. The predicted molar refractivity (Wildman–Crippen MR) is 49.8 cm³/mol. The van der Waals surface area contributed by atoms with Crippen molar-refractivity contribution in [3.8, 4) is 0 Å². The Labute approximate surface area is 73.8 Å². The molecule has 0 radical (unpaired) electrons. The molecule has 12 heavy (non-hydrogen) atoms. The Morgan fingerprint density at radius 3 is 3.25 bits per heavy atom. The number of hydrogen-bond donors (Lipinski definition) is 1. The van der Waals surface area contributed by atoms with Gasteiger partial charge in [-0.2, -0.15) is 0 Å². The molecule has 0 amide bonds. The van der Waals surface area contributed by atoms with E-state index in [2.05, 4.69) is 25.2 Å². The van der Waals surface area contributed by atoms with Crippen LogP contribution in [-0.2, 0) is 0 Å². The minimum Gasteiger partial charge on any atom is -0.389 e. The van der Waals surface area contributed by atoms with Crippen LogP contribution in [0.5, 0.6) is 0 Å². The van der Waals surface area contributed by atoms with E-state index in [-0.39, 0.29) is 11.5 Å². The van der Waals surface area contributed by atoms with Crippen LogP contribution in [0.15, 0.2) is 23.8 Å². The van der Waals surface area contributed by atoms with Gasteiger partial charge in [0.2, 0.25) is 0 Å². The normalized spacial score (nSPS) is 40.5. The molecular weight excluding hydrogens is 148 g/mol. The standard InChI is InChI=1S/C11H16O/c1-11-6-3-2-4-9(11)8-10(12)5-7-11/h3,6,8,10,12H,2,4-5,7H2,1H3. The number of rotatable bonds is 0. The lowest BCUT2D eigenvalue weighted by Gasteiger charge is -2.37. The maximum atomic E-state index is 9.46. The summed E-state index contributed by atoms with van der Waals surface area (Å²) in [5.74, 6) is 0. The number of aliphatic hydroxyl groups excluding tert-OH is 1. The van der Waals surface area contributed by atoms with Crippen LogP contribution in [0.25, 0.3) is 0 Å². The van der Waals surface area contributed by atoms with Crippen LogP contribution in [0.2, 0.25) is 0 Å². The summed E-state index contributed by atoms with van der Waals surface area (Å²) in [5.41, 5.74) is 1.72. The number of aliphatic hydroxyl groups is 1. The molecule has 0 fully saturated rings. The fourth-order valence-electron chi connectivity index (χ4n) is 2.26. The van der Waals surface area contributed by atoms with Gasteiger partial charge in [0.1, 0.15) is 0 Å². The van der Waals surface area contributed by atoms with Gasteiger partial charge in [-0.3, -0.25) is 0 Å². The van der Waals surface area contributed by atoms with Gasteiger partial charge in [0.05, 0.1) is 6.10 Å². The Morgan fingerprint density at radius 2 is 2.42 bits per heavy atom. The molecule has 0 saturated carbocycles. The smallest absolute Gasteiger partial charge is 0.0724 e. The van der Waals surface area contributed by atoms with Gasteiger partial charge in [-0.25, -0.2) is 0 Å². The Hall–Kier alpha value is -0.560. The molecule has 2 unspecified atom stereocenters. The molecule has 1 heteroatoms. The van der Waals surface area contributed by atoms with Gasteiger partial charge in [0, 0.05) is 5.41 Å². The van der Waals surface area contributed by atoms with Gasteiger partial charge in [-0.15, -0.1) is 0 Å². The SMILES string of the molecule is CC12C=CCCC1=CC(O)CC2. The first-order valence-corrected chi connectivity index (χ1v) is 4.78. The number of allylic oxidation sites excluding steroid dienone is 3. The number of fused-ring (bicyclic) bond motifs is 1. The molecule has 0 spiro atoms. The van der Waals surface area contributed by atoms with Crippen molar-refractivity contribution in [3.63, 3.8) is 0 Å². The summed E-state index contributed by atoms with van der Waals surface area (Å²) in [4.78, 5) is 0. The van der Waals surface area contributed by atoms with E-state index in [0.717, 1.165) is 25.7 Å². The van der Waals surface area contributed by atoms with E-state index in [1.165, 1.54) is 5.57 Å². The Kier molecular flexibility index (Phi) is 1.84. The third-order valence-electron chi connectivity index (χ3n) is 3.15. The fraction of sp³-hybridized carbons (Fsp3) is 0.636. The van der Waals surface area contributed by atoms with E-state index in [4.69, 9.17) is 0 Å². The zero-order chi connectivity index (χ0) is 8.60. The molecule has 0 heterocycles. The molecule has 0 aromatic rings. The predicted octanol–water partition coefficient (Wildman–Crippen LogP) is 2.42. The van der Waals surface area contributed by atoms with Crippen molar-refractivity contribution in [3.05, 3.63) is 23.8 Å². The summed E-state index contributed by atoms with van der Waals surface area (Å²) in [6.45, 7) is 2.28. The summed E-state index contributed by atoms with van der Waals surface area (Å²) in [5, 5.41) is 9.46. The highest BCUT2D eigenvalue weighted by atomic mass is 16.3. The van der Waals surface area contributed by atoms with E-state index in [9.17, 15) is 5.11 Å². The van der Waals surface area contributed by atoms with E-state index < -0.39 is 0 Å². The molecule has 2 atom stereocenters. The molecule has 1 N–H and O–H groups in total. The molecule has 0 aromatic carbocycles. The van der Waals surface area contributed by atoms with Crippen molar-refractivity contribution in [1.29, 1.82) is 0 Å². The molecule has 2 rings (SSSR count). The van der Waals surface area contributed by atoms with Crippen molar-refractivity contribution in [2.45, 2.75) is 38.7 Å². The summed E-state index contributed by atoms with van der Waals surface area (Å²) >= 11 is 0. The third kappa shape index (κ3) is 1.22. The highest BCUT2D eigenvalue weighted by molar-refractivity contribution is 5.28. The van der Waals surface area contributed by atoms with Crippen molar-refractivity contribution in [2.24, 2.45) is 5.41 Å². The van der Waals surface area contributed by atoms with Crippen molar-refractivity contribution in [2.75, 3.05) is 0 Å². The van der Waals surface area contributed by atoms with Crippen molar-refractivity contribution in [1.82, 2.24) is 0 Å². The van der Waals surface area contributed by atoms with Crippen molar-refractivity contribution < 1.29 is 5.11 Å². The highest BCUT2D eigenvalue weighted by Gasteiger charge is 2.31. The molecule has 0 saturated heterocycles. The fourth-order valence-corrected chi connectivity index (χ4v) is 2.26. The zero-order valence-corrected chi connectivity index (χ0v) is 7.59. The van der Waals surface area contributed by atoms with Gasteiger partial charge in [-0.1, -0.05) is 30.7 Å². The van der Waals surface area contributed by atoms with E-state index in [0.29, 0.717) is 0 Å². The average molecular weight is 164 g/mol. The van der Waals surface area contributed by atoms with Crippen LogP contribution in [0.4, 0.5) is 0 Å². The monoisotopic (exact) mass is 164 g/mol. The van der Waals surface area contributed by atoms with E-state index in [1.807, 2.05) is 0 Å². The minimum absolute atomic E-state index is 0.181. The lowest BCUT2D eigenvalue weighted by Crippen LogP contribution is -2.27. The maximum absolute atomic E-state index is 9.46. The molecule has 2 aliphatic rings. The average Bonchev–Trinajstić information content (AvgIpc) is 2.06. The Balaban J connectivity index is 2.32. The lowest BCUT2D eigenvalue weighted by atomic mass is 9.69. The second-order valence-electron chi connectivity index (χ2n) is 4.16. The summed E-state index contributed by atoms with van der Waals surface area (Å²) in [7, 11) is 0. The second-order valence-corrected chi connectivity index (χ2v) is 4.16. The van der Waals surface area contributed by atoms with Crippen LogP contribution in [0.1, 0.15) is 32.6 Å². The van der Waals surface area contributed by atoms with Crippen LogP contribution < -0.4 is 0 Å². The molecule has 0 aliphatic heterocycles. The second kappa shape index (κ2) is 2.74. The largest absolute Gasteiger partial charge is 0.389 e. The quantitative estimate of drug-likeness (QED) is 0.545. The first-order valence-electron chi connectivity index (χ1n) is 4.78. The summed E-state index contributed by atoms with van der Waals surface area (Å²) in [6, 6.07) is 0. The molecule has 66 valence electrons. The minimum atomic E-state index is -0.181. The van der Waals surface area contributed by atoms with Crippen molar-refractivity contribution >= 4 is 0 Å². The van der Waals surface area contributed by atoms with Crippen LogP contribution in [0, 0.1) is 5.41 Å². The van der Waals surface area contributed by atoms with Gasteiger partial charge in [-0.05, 0) is 25.7 Å². The van der Waals surface area contributed by atoms with Gasteiger partial charge < -0.3 is 5.11 Å². The van der Waals surface area contributed by atoms with Gasteiger partial charge in [0.15, 0.2) is 0 Å². The Morgan fingerprint density at radius 1 is 1.58 bits per heavy atom. The summed E-state index contributed by atoms with van der Waals surface area (Å²) < 4.78 is 0. The first kappa shape index (κ1) is 8.06. The van der Waals surface area contributed by atoms with Gasteiger partial charge >= 0.3 is 0 Å². The molecular formula is C11H16O.